The third-order valence-corrected chi connectivity index (χ3v) is 5.21. The van der Waals surface area contributed by atoms with Crippen molar-refractivity contribution >= 4 is 31.9 Å². The van der Waals surface area contributed by atoms with Crippen LogP contribution < -0.4 is 14.2 Å². The van der Waals surface area contributed by atoms with Gasteiger partial charge >= 0.3 is 5.97 Å². The molecule has 1 aromatic carbocycles. The lowest BCUT2D eigenvalue weighted by atomic mass is 10.3. The van der Waals surface area contributed by atoms with E-state index < -0.39 is 28.6 Å². The van der Waals surface area contributed by atoms with Crippen LogP contribution in [0.1, 0.15) is 0 Å². The first-order chi connectivity index (χ1) is 10.3. The van der Waals surface area contributed by atoms with Gasteiger partial charge in [0.05, 0.1) is 7.11 Å². The van der Waals surface area contributed by atoms with Crippen molar-refractivity contribution in [2.45, 2.75) is 11.0 Å². The maximum atomic E-state index is 12.3. The number of methoxy groups -OCH3 is 1. The number of rotatable bonds is 5. The lowest BCUT2D eigenvalue weighted by Crippen LogP contribution is -2.37. The number of aliphatic hydroxyl groups excluding tert-OH is 1. The van der Waals surface area contributed by atoms with E-state index in [0.717, 1.165) is 7.11 Å². The molecule has 0 radical (unpaired) electrons. The molecule has 22 heavy (non-hydrogen) atoms. The Labute approximate surface area is 135 Å². The van der Waals surface area contributed by atoms with E-state index in [9.17, 15) is 18.3 Å². The van der Waals surface area contributed by atoms with Gasteiger partial charge in [-0.3, -0.25) is 0 Å². The number of benzene rings is 1. The minimum Gasteiger partial charge on any atom is -0.486 e. The van der Waals surface area contributed by atoms with E-state index in [4.69, 9.17) is 9.47 Å². The van der Waals surface area contributed by atoms with Crippen LogP contribution in [0.3, 0.4) is 0 Å². The van der Waals surface area contributed by atoms with E-state index in [1.54, 1.807) is 0 Å². The van der Waals surface area contributed by atoms with Crippen molar-refractivity contribution in [3.05, 3.63) is 16.6 Å². The highest BCUT2D eigenvalue weighted by atomic mass is 79.9. The fraction of sp³-hybridized carbons (Fsp3) is 0.417. The molecule has 122 valence electrons. The lowest BCUT2D eigenvalue weighted by Gasteiger charge is -2.20. The predicted octanol–water partition coefficient (Wildman–Crippen LogP) is 0.0325. The molecule has 1 aliphatic heterocycles. The topological polar surface area (TPSA) is 111 Å². The number of hydrogen-bond acceptors (Lipinski definition) is 7. The number of ether oxygens (including phenoxy) is 3. The first-order valence-corrected chi connectivity index (χ1v) is 8.47. The Hall–Kier alpha value is -1.36. The molecule has 0 saturated heterocycles. The fourth-order valence-electron chi connectivity index (χ4n) is 1.74. The van der Waals surface area contributed by atoms with Crippen LogP contribution in [0.15, 0.2) is 21.5 Å². The molecule has 0 spiro atoms. The first kappa shape index (κ1) is 17.0. The van der Waals surface area contributed by atoms with Gasteiger partial charge in [-0.2, -0.15) is 0 Å². The van der Waals surface area contributed by atoms with Gasteiger partial charge in [-0.15, -0.1) is 0 Å². The number of carbonyl (C=O) groups excluding carboxylic acids is 1. The molecule has 0 saturated carbocycles. The van der Waals surface area contributed by atoms with Crippen LogP contribution in [0, 0.1) is 0 Å². The molecule has 0 aromatic heterocycles. The Balaban J connectivity index is 2.20. The van der Waals surface area contributed by atoms with Crippen molar-refractivity contribution in [3.63, 3.8) is 0 Å². The Kier molecular flexibility index (Phi) is 5.27. The van der Waals surface area contributed by atoms with E-state index >= 15 is 0 Å². The number of carbonyl (C=O) groups is 1. The molecule has 0 amide bonds. The molecule has 10 heteroatoms. The zero-order valence-electron chi connectivity index (χ0n) is 11.5. The highest BCUT2D eigenvalue weighted by Gasteiger charge is 2.25. The van der Waals surface area contributed by atoms with Gasteiger partial charge in [0, 0.05) is 17.1 Å². The summed E-state index contributed by atoms with van der Waals surface area (Å²) in [6.07, 6.45) is -1.59. The number of nitrogens with one attached hydrogen (secondary N) is 1. The summed E-state index contributed by atoms with van der Waals surface area (Å²) in [7, 11) is -2.87. The van der Waals surface area contributed by atoms with E-state index in [-0.39, 0.29) is 9.37 Å². The minimum absolute atomic E-state index is 0.0891. The summed E-state index contributed by atoms with van der Waals surface area (Å²) < 4.78 is 41.9. The Morgan fingerprint density at radius 2 is 2.00 bits per heavy atom. The number of esters is 1. The predicted molar refractivity (Wildman–Crippen MR) is 78.3 cm³/mol. The van der Waals surface area contributed by atoms with Gasteiger partial charge in [-0.25, -0.2) is 17.9 Å². The molecule has 1 heterocycles. The van der Waals surface area contributed by atoms with E-state index in [1.165, 1.54) is 12.1 Å². The van der Waals surface area contributed by atoms with Crippen LogP contribution >= 0.6 is 15.9 Å². The largest absolute Gasteiger partial charge is 0.486 e. The van der Waals surface area contributed by atoms with Gasteiger partial charge in [0.2, 0.25) is 10.0 Å². The van der Waals surface area contributed by atoms with Crippen molar-refractivity contribution in [3.8, 4) is 11.5 Å². The molecule has 0 fully saturated rings. The molecule has 0 aliphatic carbocycles. The van der Waals surface area contributed by atoms with Gasteiger partial charge in [-0.1, -0.05) is 0 Å². The molecule has 0 bridgehead atoms. The van der Waals surface area contributed by atoms with Crippen molar-refractivity contribution in [1.29, 1.82) is 0 Å². The lowest BCUT2D eigenvalue weighted by molar-refractivity contribution is -0.149. The Morgan fingerprint density at radius 3 is 2.59 bits per heavy atom. The van der Waals surface area contributed by atoms with Crippen LogP contribution in [-0.2, 0) is 19.6 Å². The highest BCUT2D eigenvalue weighted by Crippen LogP contribution is 2.37. The third-order valence-electron chi connectivity index (χ3n) is 2.83. The van der Waals surface area contributed by atoms with Crippen LogP contribution in [0.5, 0.6) is 11.5 Å². The Bertz CT molecular complexity index is 676. The van der Waals surface area contributed by atoms with Gasteiger partial charge in [0.15, 0.2) is 17.6 Å². The zero-order chi connectivity index (χ0) is 16.3. The molecular weight excluding hydrogens is 382 g/mol. The standard InChI is InChI=1S/C12H14BrNO7S/c1-19-12(16)8(15)6-14-22(17,18)11-5-10-9(4-7(11)13)20-2-3-21-10/h4-5,8,14-15H,2-3,6H2,1H3/t8-/m1/s1. The van der Waals surface area contributed by atoms with Crippen molar-refractivity contribution in [2.75, 3.05) is 26.9 Å². The normalized spacial score (nSPS) is 15.2. The minimum atomic E-state index is -3.96. The number of hydrogen-bond donors (Lipinski definition) is 2. The zero-order valence-corrected chi connectivity index (χ0v) is 13.9. The summed E-state index contributed by atoms with van der Waals surface area (Å²) in [4.78, 5) is 11.0. The molecule has 1 aliphatic rings. The fourth-order valence-corrected chi connectivity index (χ4v) is 3.81. The van der Waals surface area contributed by atoms with Gasteiger partial charge < -0.3 is 19.3 Å². The molecule has 8 nitrogen and oxygen atoms in total. The number of sulfonamides is 1. The van der Waals surface area contributed by atoms with Crippen molar-refractivity contribution in [1.82, 2.24) is 4.72 Å². The first-order valence-electron chi connectivity index (χ1n) is 6.20. The smallest absolute Gasteiger partial charge is 0.336 e. The summed E-state index contributed by atoms with van der Waals surface area (Å²) in [6.45, 7) is 0.202. The van der Waals surface area contributed by atoms with Crippen molar-refractivity contribution < 1.29 is 32.5 Å². The second kappa shape index (κ2) is 6.82. The van der Waals surface area contributed by atoms with E-state index in [1.807, 2.05) is 0 Å². The molecule has 1 aromatic rings. The number of aliphatic hydroxyl groups is 1. The number of halogens is 1. The average Bonchev–Trinajstić information content (AvgIpc) is 2.51. The SMILES string of the molecule is COC(=O)[C@H](O)CNS(=O)(=O)c1cc2c(cc1Br)OCCO2. The maximum absolute atomic E-state index is 12.3. The summed E-state index contributed by atoms with van der Waals surface area (Å²) in [5.41, 5.74) is 0. The monoisotopic (exact) mass is 395 g/mol. The van der Waals surface area contributed by atoms with Crippen LogP contribution in [0.4, 0.5) is 0 Å². The molecule has 1 atom stereocenters. The maximum Gasteiger partial charge on any atom is 0.336 e. The van der Waals surface area contributed by atoms with Gasteiger partial charge in [-0.05, 0) is 22.0 Å². The molecule has 2 rings (SSSR count). The quantitative estimate of drug-likeness (QED) is 0.676. The summed E-state index contributed by atoms with van der Waals surface area (Å²) in [5, 5.41) is 9.43. The van der Waals surface area contributed by atoms with Gasteiger partial charge in [0.1, 0.15) is 18.1 Å². The molecule has 2 N–H and O–H groups in total. The van der Waals surface area contributed by atoms with Crippen LogP contribution in [0.25, 0.3) is 0 Å². The second-order valence-corrected chi connectivity index (χ2v) is 6.91. The number of fused-ring (bicyclic) bond motifs is 1. The van der Waals surface area contributed by atoms with E-state index in [2.05, 4.69) is 25.4 Å². The average molecular weight is 396 g/mol. The second-order valence-electron chi connectivity index (χ2n) is 4.32. The highest BCUT2D eigenvalue weighted by molar-refractivity contribution is 9.10. The van der Waals surface area contributed by atoms with Gasteiger partial charge in [0.25, 0.3) is 0 Å². The van der Waals surface area contributed by atoms with E-state index in [0.29, 0.717) is 24.7 Å². The summed E-state index contributed by atoms with van der Waals surface area (Å²) in [5.74, 6) is -0.182. The molecular formula is C12H14BrNO7S. The summed E-state index contributed by atoms with van der Waals surface area (Å²) in [6, 6.07) is 2.80. The van der Waals surface area contributed by atoms with Crippen LogP contribution in [-0.4, -0.2) is 52.5 Å². The third kappa shape index (κ3) is 3.69. The summed E-state index contributed by atoms with van der Waals surface area (Å²) >= 11 is 3.15. The molecule has 0 unspecified atom stereocenters. The van der Waals surface area contributed by atoms with Crippen molar-refractivity contribution in [2.24, 2.45) is 0 Å². The van der Waals surface area contributed by atoms with Crippen LogP contribution in [0.2, 0.25) is 0 Å². The Morgan fingerprint density at radius 1 is 1.41 bits per heavy atom.